The third-order valence-corrected chi connectivity index (χ3v) is 5.40. The molecule has 0 amide bonds. The number of carboxylic acid groups (broad SMARTS) is 1. The average molecular weight is 354 g/mol. The Kier molecular flexibility index (Phi) is 4.38. The molecule has 0 heterocycles. The van der Waals surface area contributed by atoms with E-state index in [1.807, 2.05) is 0 Å². The summed E-state index contributed by atoms with van der Waals surface area (Å²) in [5.41, 5.74) is -1.68. The molecule has 1 rings (SSSR count). The number of rotatable bonds is 4. The fraction of sp³-hybridized carbons (Fsp3) is 0.364. The second kappa shape index (κ2) is 5.18. The van der Waals surface area contributed by atoms with E-state index < -0.39 is 32.2 Å². The van der Waals surface area contributed by atoms with Crippen LogP contribution < -0.4 is 0 Å². The SMILES string of the molecule is CN(C(C)(C)C(=O)O)S(=O)(=O)c1ccc(Br)cc1F. The van der Waals surface area contributed by atoms with Crippen LogP contribution in [-0.4, -0.2) is 36.4 Å². The molecule has 0 fully saturated rings. The smallest absolute Gasteiger partial charge is 0.324 e. The minimum Gasteiger partial charge on any atom is -0.480 e. The Morgan fingerprint density at radius 2 is 1.95 bits per heavy atom. The van der Waals surface area contributed by atoms with Crippen LogP contribution in [0.2, 0.25) is 0 Å². The highest BCUT2D eigenvalue weighted by atomic mass is 79.9. The number of benzene rings is 1. The first kappa shape index (κ1) is 16.1. The van der Waals surface area contributed by atoms with Crippen molar-refractivity contribution < 1.29 is 22.7 Å². The van der Waals surface area contributed by atoms with Gasteiger partial charge in [-0.2, -0.15) is 4.31 Å². The molecule has 0 spiro atoms. The van der Waals surface area contributed by atoms with Crippen molar-refractivity contribution in [3.63, 3.8) is 0 Å². The van der Waals surface area contributed by atoms with Gasteiger partial charge >= 0.3 is 5.97 Å². The van der Waals surface area contributed by atoms with E-state index in [1.54, 1.807) is 0 Å². The van der Waals surface area contributed by atoms with Crippen molar-refractivity contribution in [1.29, 1.82) is 0 Å². The quantitative estimate of drug-likeness (QED) is 0.898. The molecular weight excluding hydrogens is 341 g/mol. The summed E-state index contributed by atoms with van der Waals surface area (Å²) >= 11 is 3.02. The van der Waals surface area contributed by atoms with Gasteiger partial charge < -0.3 is 5.11 Å². The van der Waals surface area contributed by atoms with Crippen LogP contribution in [0.5, 0.6) is 0 Å². The fourth-order valence-corrected chi connectivity index (χ4v) is 3.12. The number of hydrogen-bond acceptors (Lipinski definition) is 3. The van der Waals surface area contributed by atoms with Crippen LogP contribution in [0.3, 0.4) is 0 Å². The van der Waals surface area contributed by atoms with Crippen molar-refractivity contribution in [3.05, 3.63) is 28.5 Å². The van der Waals surface area contributed by atoms with Crippen molar-refractivity contribution in [1.82, 2.24) is 4.31 Å². The highest BCUT2D eigenvalue weighted by Gasteiger charge is 2.41. The lowest BCUT2D eigenvalue weighted by atomic mass is 10.1. The van der Waals surface area contributed by atoms with Crippen LogP contribution in [0.25, 0.3) is 0 Å². The predicted molar refractivity (Wildman–Crippen MR) is 70.8 cm³/mol. The minimum absolute atomic E-state index is 0.393. The summed E-state index contributed by atoms with van der Waals surface area (Å²) < 4.78 is 39.2. The van der Waals surface area contributed by atoms with Gasteiger partial charge in [0.15, 0.2) is 0 Å². The van der Waals surface area contributed by atoms with E-state index in [9.17, 15) is 17.6 Å². The van der Waals surface area contributed by atoms with Crippen molar-refractivity contribution >= 4 is 31.9 Å². The normalized spacial score (nSPS) is 12.7. The lowest BCUT2D eigenvalue weighted by Crippen LogP contribution is -2.50. The number of carboxylic acids is 1. The largest absolute Gasteiger partial charge is 0.480 e. The first-order valence-corrected chi connectivity index (χ1v) is 7.42. The van der Waals surface area contributed by atoms with Gasteiger partial charge in [-0.15, -0.1) is 0 Å². The van der Waals surface area contributed by atoms with Crippen LogP contribution in [0.1, 0.15) is 13.8 Å². The molecule has 0 saturated carbocycles. The lowest BCUT2D eigenvalue weighted by Gasteiger charge is -2.30. The highest BCUT2D eigenvalue weighted by Crippen LogP contribution is 2.26. The Bertz CT molecular complexity index is 615. The van der Waals surface area contributed by atoms with Gasteiger partial charge in [-0.1, -0.05) is 15.9 Å². The number of likely N-dealkylation sites (N-methyl/N-ethyl adjacent to an activating group) is 1. The van der Waals surface area contributed by atoms with Gasteiger partial charge in [-0.25, -0.2) is 12.8 Å². The molecule has 0 aliphatic carbocycles. The Morgan fingerprint density at radius 1 is 1.42 bits per heavy atom. The second-order valence-electron chi connectivity index (χ2n) is 4.41. The second-order valence-corrected chi connectivity index (χ2v) is 7.26. The Morgan fingerprint density at radius 3 is 2.37 bits per heavy atom. The zero-order valence-corrected chi connectivity index (χ0v) is 12.9. The van der Waals surface area contributed by atoms with Crippen LogP contribution in [0.15, 0.2) is 27.6 Å². The topological polar surface area (TPSA) is 74.7 Å². The molecule has 0 bridgehead atoms. The first-order valence-electron chi connectivity index (χ1n) is 5.18. The van der Waals surface area contributed by atoms with Crippen molar-refractivity contribution in [2.45, 2.75) is 24.3 Å². The minimum atomic E-state index is -4.23. The molecule has 19 heavy (non-hydrogen) atoms. The number of sulfonamides is 1. The van der Waals surface area contributed by atoms with Gasteiger partial charge in [-0.3, -0.25) is 4.79 Å². The van der Waals surface area contributed by atoms with Crippen molar-refractivity contribution in [2.24, 2.45) is 0 Å². The average Bonchev–Trinajstić information content (AvgIpc) is 2.27. The summed E-state index contributed by atoms with van der Waals surface area (Å²) in [4.78, 5) is 10.5. The maximum Gasteiger partial charge on any atom is 0.324 e. The molecule has 0 atom stereocenters. The Balaban J connectivity index is 3.36. The van der Waals surface area contributed by atoms with Crippen LogP contribution >= 0.6 is 15.9 Å². The summed E-state index contributed by atoms with van der Waals surface area (Å²) in [6.07, 6.45) is 0. The summed E-state index contributed by atoms with van der Waals surface area (Å²) in [6.45, 7) is 2.45. The third kappa shape index (κ3) is 2.96. The molecule has 0 radical (unpaired) electrons. The molecule has 0 aliphatic rings. The Labute approximate surface area is 119 Å². The van der Waals surface area contributed by atoms with Crippen molar-refractivity contribution in [2.75, 3.05) is 7.05 Å². The fourth-order valence-electron chi connectivity index (χ4n) is 1.27. The Hall–Kier alpha value is -0.990. The van der Waals surface area contributed by atoms with Crippen LogP contribution in [0.4, 0.5) is 4.39 Å². The van der Waals surface area contributed by atoms with Gasteiger partial charge in [0.25, 0.3) is 0 Å². The molecule has 0 aliphatic heterocycles. The molecule has 0 saturated heterocycles. The van der Waals surface area contributed by atoms with Gasteiger partial charge in [0.05, 0.1) is 0 Å². The van der Waals surface area contributed by atoms with Crippen molar-refractivity contribution in [3.8, 4) is 0 Å². The van der Waals surface area contributed by atoms with Gasteiger partial charge in [0.1, 0.15) is 16.3 Å². The maximum absolute atomic E-state index is 13.7. The predicted octanol–water partition coefficient (Wildman–Crippen LogP) is 2.07. The molecule has 106 valence electrons. The summed E-state index contributed by atoms with van der Waals surface area (Å²) in [7, 11) is -3.13. The number of hydrogen-bond donors (Lipinski definition) is 1. The van der Waals surface area contributed by atoms with E-state index in [-0.39, 0.29) is 0 Å². The number of halogens is 2. The molecule has 8 heteroatoms. The van der Waals surface area contributed by atoms with E-state index in [0.29, 0.717) is 8.78 Å². The zero-order chi connectivity index (χ0) is 15.0. The standard InChI is InChI=1S/C11H13BrFNO4S/c1-11(2,10(15)16)14(3)19(17,18)9-5-4-7(12)6-8(9)13/h4-6H,1-3H3,(H,15,16). The summed E-state index contributed by atoms with van der Waals surface area (Å²) in [6, 6.07) is 3.47. The van der Waals surface area contributed by atoms with Crippen LogP contribution in [0, 0.1) is 5.82 Å². The molecule has 1 aromatic carbocycles. The monoisotopic (exact) mass is 353 g/mol. The first-order chi connectivity index (χ1) is 8.51. The molecule has 1 aromatic rings. The van der Waals surface area contributed by atoms with Gasteiger partial charge in [-0.05, 0) is 32.0 Å². The highest BCUT2D eigenvalue weighted by molar-refractivity contribution is 9.10. The van der Waals surface area contributed by atoms with Gasteiger partial charge in [0, 0.05) is 11.5 Å². The van der Waals surface area contributed by atoms with Crippen LogP contribution in [-0.2, 0) is 14.8 Å². The maximum atomic E-state index is 13.7. The number of nitrogens with zero attached hydrogens (tertiary/aromatic N) is 1. The van der Waals surface area contributed by atoms with Gasteiger partial charge in [0.2, 0.25) is 10.0 Å². The molecular formula is C11H13BrFNO4S. The molecule has 0 unspecified atom stereocenters. The lowest BCUT2D eigenvalue weighted by molar-refractivity contribution is -0.145. The molecule has 1 N–H and O–H groups in total. The number of aliphatic carboxylic acids is 1. The summed E-state index contributed by atoms with van der Waals surface area (Å²) in [5.74, 6) is -2.27. The molecule has 5 nitrogen and oxygen atoms in total. The van der Waals surface area contributed by atoms with E-state index in [4.69, 9.17) is 5.11 Å². The zero-order valence-electron chi connectivity index (χ0n) is 10.5. The van der Waals surface area contributed by atoms with E-state index in [0.717, 1.165) is 19.2 Å². The number of carbonyl (C=O) groups is 1. The van der Waals surface area contributed by atoms with E-state index in [2.05, 4.69) is 15.9 Å². The summed E-state index contributed by atoms with van der Waals surface area (Å²) in [5, 5.41) is 9.03. The molecule has 0 aromatic heterocycles. The van der Waals surface area contributed by atoms with E-state index in [1.165, 1.54) is 19.9 Å². The van der Waals surface area contributed by atoms with E-state index >= 15 is 0 Å². The third-order valence-electron chi connectivity index (χ3n) is 2.84.